The third kappa shape index (κ3) is 4.62. The summed E-state index contributed by atoms with van der Waals surface area (Å²) >= 11 is 0. The normalized spacial score (nSPS) is 17.4. The third-order valence-corrected chi connectivity index (χ3v) is 4.28. The summed E-state index contributed by atoms with van der Waals surface area (Å²) in [4.78, 5) is 20.8. The van der Waals surface area contributed by atoms with Gasteiger partial charge in [0.15, 0.2) is 5.76 Å². The number of unbranched alkanes of at least 4 members (excludes halogenated alkanes) is 1. The summed E-state index contributed by atoms with van der Waals surface area (Å²) in [5, 5.41) is 0. The Morgan fingerprint density at radius 1 is 1.12 bits per heavy atom. The second kappa shape index (κ2) is 9.25. The maximum Gasteiger partial charge on any atom is 0.300 e. The number of carbonyl (C=O) groups is 1. The first-order valence-electron chi connectivity index (χ1n) is 9.25. The van der Waals surface area contributed by atoms with Crippen molar-refractivity contribution in [1.82, 2.24) is 4.90 Å². The fraction of sp³-hybridized carbons (Fsp3) is 0.500. The van der Waals surface area contributed by atoms with Gasteiger partial charge in [-0.2, -0.15) is 0 Å². The summed E-state index contributed by atoms with van der Waals surface area (Å²) in [7, 11) is 0. The average Bonchev–Trinajstić information content (AvgIpc) is 2.92. The second-order valence-corrected chi connectivity index (χ2v) is 5.94. The SMILES string of the molecule is CCCCN=C1O/C(=C/c2ccc(N(CC)CC)cc2)C(=O)N1CC. The Hall–Kier alpha value is -2.30. The number of likely N-dealkylation sites (N-methyl/N-ethyl adjacent to an activating group) is 1. The third-order valence-electron chi connectivity index (χ3n) is 4.28. The molecule has 136 valence electrons. The Morgan fingerprint density at radius 3 is 2.36 bits per heavy atom. The Morgan fingerprint density at radius 2 is 1.80 bits per heavy atom. The maximum absolute atomic E-state index is 12.5. The summed E-state index contributed by atoms with van der Waals surface area (Å²) in [5.41, 5.74) is 2.13. The topological polar surface area (TPSA) is 45.1 Å². The molecule has 1 aromatic rings. The van der Waals surface area contributed by atoms with Crippen LogP contribution in [0.1, 0.15) is 46.1 Å². The standard InChI is InChI=1S/C20H29N3O2/c1-5-9-14-21-20-23(8-4)19(24)18(25-20)15-16-10-12-17(13-11-16)22(6-2)7-3/h10-13,15H,5-9,14H2,1-4H3/b18-15+,21-20?. The minimum Gasteiger partial charge on any atom is -0.420 e. The maximum atomic E-state index is 12.5. The Balaban J connectivity index is 2.17. The van der Waals surface area contributed by atoms with Crippen LogP contribution in [0.25, 0.3) is 6.08 Å². The molecule has 1 amide bonds. The molecule has 5 heteroatoms. The van der Waals surface area contributed by atoms with Crippen molar-refractivity contribution in [2.75, 3.05) is 31.1 Å². The molecule has 1 aliphatic heterocycles. The van der Waals surface area contributed by atoms with Crippen LogP contribution in [0, 0.1) is 0 Å². The van der Waals surface area contributed by atoms with Gasteiger partial charge in [-0.15, -0.1) is 0 Å². The van der Waals surface area contributed by atoms with Crippen molar-refractivity contribution in [3.05, 3.63) is 35.6 Å². The molecular weight excluding hydrogens is 314 g/mol. The van der Waals surface area contributed by atoms with E-state index < -0.39 is 0 Å². The first-order chi connectivity index (χ1) is 12.1. The quantitative estimate of drug-likeness (QED) is 0.531. The van der Waals surface area contributed by atoms with Crippen molar-refractivity contribution < 1.29 is 9.53 Å². The number of benzene rings is 1. The number of ether oxygens (including phenoxy) is 1. The molecule has 1 aromatic carbocycles. The summed E-state index contributed by atoms with van der Waals surface area (Å²) < 4.78 is 5.72. The average molecular weight is 343 g/mol. The van der Waals surface area contributed by atoms with Gasteiger partial charge in [0.05, 0.1) is 0 Å². The van der Waals surface area contributed by atoms with E-state index in [1.807, 2.05) is 19.1 Å². The molecule has 0 radical (unpaired) electrons. The molecule has 1 heterocycles. The van der Waals surface area contributed by atoms with Crippen LogP contribution in [0.2, 0.25) is 0 Å². The highest BCUT2D eigenvalue weighted by Gasteiger charge is 2.33. The van der Waals surface area contributed by atoms with Crippen LogP contribution >= 0.6 is 0 Å². The molecule has 0 aromatic heterocycles. The summed E-state index contributed by atoms with van der Waals surface area (Å²) in [6.07, 6.45) is 3.85. The smallest absolute Gasteiger partial charge is 0.300 e. The second-order valence-electron chi connectivity index (χ2n) is 5.94. The van der Waals surface area contributed by atoms with Gasteiger partial charge in [0.25, 0.3) is 11.9 Å². The van der Waals surface area contributed by atoms with Crippen LogP contribution in [-0.4, -0.2) is 43.0 Å². The van der Waals surface area contributed by atoms with E-state index in [0.717, 1.165) is 31.5 Å². The molecule has 1 aliphatic rings. The lowest BCUT2D eigenvalue weighted by Gasteiger charge is -2.20. The van der Waals surface area contributed by atoms with Crippen molar-refractivity contribution in [1.29, 1.82) is 0 Å². The number of nitrogens with zero attached hydrogens (tertiary/aromatic N) is 3. The predicted molar refractivity (Wildman–Crippen MR) is 104 cm³/mol. The fourth-order valence-electron chi connectivity index (χ4n) is 2.76. The summed E-state index contributed by atoms with van der Waals surface area (Å²) in [6.45, 7) is 11.5. The molecule has 1 saturated heterocycles. The van der Waals surface area contributed by atoms with Gasteiger partial charge >= 0.3 is 0 Å². The molecule has 0 unspecified atom stereocenters. The highest BCUT2D eigenvalue weighted by molar-refractivity contribution is 6.11. The van der Waals surface area contributed by atoms with Gasteiger partial charge in [0.2, 0.25) is 0 Å². The lowest BCUT2D eigenvalue weighted by atomic mass is 10.1. The molecule has 2 rings (SSSR count). The van der Waals surface area contributed by atoms with Gasteiger partial charge in [0, 0.05) is 31.9 Å². The predicted octanol–water partition coefficient (Wildman–Crippen LogP) is 3.91. The minimum absolute atomic E-state index is 0.120. The Kier molecular flexibility index (Phi) is 7.04. The van der Waals surface area contributed by atoms with E-state index in [1.165, 1.54) is 5.69 Å². The van der Waals surface area contributed by atoms with E-state index in [-0.39, 0.29) is 5.91 Å². The molecule has 1 fully saturated rings. The fourth-order valence-corrected chi connectivity index (χ4v) is 2.76. The van der Waals surface area contributed by atoms with Crippen LogP contribution in [0.4, 0.5) is 5.69 Å². The summed E-state index contributed by atoms with van der Waals surface area (Å²) in [5.74, 6) is 0.221. The van der Waals surface area contributed by atoms with Crippen LogP contribution in [0.15, 0.2) is 35.0 Å². The van der Waals surface area contributed by atoms with E-state index >= 15 is 0 Å². The lowest BCUT2D eigenvalue weighted by molar-refractivity contribution is -0.122. The molecule has 0 saturated carbocycles. The van der Waals surface area contributed by atoms with E-state index in [4.69, 9.17) is 4.74 Å². The molecule has 0 atom stereocenters. The number of rotatable bonds is 8. The number of anilines is 1. The van der Waals surface area contributed by atoms with Gasteiger partial charge in [-0.25, -0.2) is 4.99 Å². The first-order valence-corrected chi connectivity index (χ1v) is 9.25. The molecule has 25 heavy (non-hydrogen) atoms. The number of amides is 1. The van der Waals surface area contributed by atoms with E-state index in [2.05, 4.69) is 42.8 Å². The van der Waals surface area contributed by atoms with E-state index in [0.29, 0.717) is 24.9 Å². The Labute approximate surface area is 151 Å². The molecular formula is C20H29N3O2. The zero-order chi connectivity index (χ0) is 18.2. The van der Waals surface area contributed by atoms with Gasteiger partial charge in [0.1, 0.15) is 0 Å². The van der Waals surface area contributed by atoms with Crippen molar-refractivity contribution in [2.45, 2.75) is 40.5 Å². The minimum atomic E-state index is -0.120. The van der Waals surface area contributed by atoms with Gasteiger partial charge in [-0.05, 0) is 51.0 Å². The zero-order valence-corrected chi connectivity index (χ0v) is 15.8. The highest BCUT2D eigenvalue weighted by Crippen LogP contribution is 2.21. The molecule has 0 aliphatic carbocycles. The van der Waals surface area contributed by atoms with Crippen LogP contribution in [-0.2, 0) is 9.53 Å². The number of hydrogen-bond donors (Lipinski definition) is 0. The number of aliphatic imine (C=N–C) groups is 1. The molecule has 0 bridgehead atoms. The number of amidine groups is 1. The van der Waals surface area contributed by atoms with Crippen LogP contribution < -0.4 is 4.90 Å². The van der Waals surface area contributed by atoms with Crippen LogP contribution in [0.3, 0.4) is 0 Å². The van der Waals surface area contributed by atoms with E-state index in [9.17, 15) is 4.79 Å². The first kappa shape index (κ1) is 19.0. The van der Waals surface area contributed by atoms with Crippen molar-refractivity contribution in [3.63, 3.8) is 0 Å². The monoisotopic (exact) mass is 343 g/mol. The number of carbonyl (C=O) groups excluding carboxylic acids is 1. The molecule has 0 N–H and O–H groups in total. The van der Waals surface area contributed by atoms with Crippen molar-refractivity contribution >= 4 is 23.7 Å². The van der Waals surface area contributed by atoms with Crippen LogP contribution in [0.5, 0.6) is 0 Å². The van der Waals surface area contributed by atoms with E-state index in [1.54, 1.807) is 11.0 Å². The summed E-state index contributed by atoms with van der Waals surface area (Å²) in [6, 6.07) is 8.60. The lowest BCUT2D eigenvalue weighted by Crippen LogP contribution is -2.29. The zero-order valence-electron chi connectivity index (χ0n) is 15.8. The van der Waals surface area contributed by atoms with Gasteiger partial charge < -0.3 is 9.64 Å². The van der Waals surface area contributed by atoms with Crippen molar-refractivity contribution in [2.24, 2.45) is 4.99 Å². The highest BCUT2D eigenvalue weighted by atomic mass is 16.5. The van der Waals surface area contributed by atoms with Crippen molar-refractivity contribution in [3.8, 4) is 0 Å². The molecule has 5 nitrogen and oxygen atoms in total. The van der Waals surface area contributed by atoms with Gasteiger partial charge in [-0.1, -0.05) is 25.5 Å². The largest absolute Gasteiger partial charge is 0.420 e. The van der Waals surface area contributed by atoms with Gasteiger partial charge in [-0.3, -0.25) is 9.69 Å². The molecule has 0 spiro atoms. The Bertz CT molecular complexity index is 631. The number of hydrogen-bond acceptors (Lipinski definition) is 4.